The Hall–Kier alpha value is -2.09. The topological polar surface area (TPSA) is 0 Å². The molecule has 2 unspecified atom stereocenters. The van der Waals surface area contributed by atoms with Gasteiger partial charge in [0.25, 0.3) is 0 Å². The highest BCUT2D eigenvalue weighted by Crippen LogP contribution is 2.48. The molecule has 2 atom stereocenters. The first-order valence-electron chi connectivity index (χ1n) is 9.32. The maximum atomic E-state index is 7.07. The molecule has 26 heavy (non-hydrogen) atoms. The normalized spacial score (nSPS) is 23.8. The molecule has 2 heteroatoms. The van der Waals surface area contributed by atoms with Gasteiger partial charge in [-0.25, -0.2) is 0 Å². The third-order valence-electron chi connectivity index (χ3n) is 6.50. The zero-order chi connectivity index (χ0) is 17.6. The number of fused-ring (bicyclic) bond motifs is 5. The number of hydrogen-bond donors (Lipinski definition) is 0. The van der Waals surface area contributed by atoms with Gasteiger partial charge in [-0.2, -0.15) is 11.1 Å². The summed E-state index contributed by atoms with van der Waals surface area (Å²) in [5, 5.41) is 2.97. The molecule has 0 fully saturated rings. The first-order chi connectivity index (χ1) is 12.6. The second-order valence-corrected chi connectivity index (χ2v) is 13.3. The predicted molar refractivity (Wildman–Crippen MR) is 113 cm³/mol. The van der Waals surface area contributed by atoms with Gasteiger partial charge < -0.3 is 0 Å². The van der Waals surface area contributed by atoms with E-state index in [1.165, 1.54) is 54.9 Å². The van der Waals surface area contributed by atoms with Gasteiger partial charge in [-0.1, -0.05) is 66.2 Å². The Labute approximate surface area is 159 Å². The van der Waals surface area contributed by atoms with Gasteiger partial charge in [0.15, 0.2) is 0 Å². The standard InChI is InChI=1S/C24H19ClSi/c1-14-11-15-7-4-6-10-18(15)22(14)23-20-12-16-8-3-5-9-17(16)19(20)13-21-24(23)26(21,2)25/h3-11,13,22H,12H2,1-2H3. The Balaban J connectivity index is 1.66. The summed E-state index contributed by atoms with van der Waals surface area (Å²) in [7, 11) is -1.88. The molecule has 0 N–H and O–H groups in total. The molecule has 1 heterocycles. The van der Waals surface area contributed by atoms with Crippen molar-refractivity contribution in [1.29, 1.82) is 0 Å². The molecule has 0 nitrogen and oxygen atoms in total. The molecular weight excluding hydrogens is 352 g/mol. The molecule has 0 saturated heterocycles. The zero-order valence-electron chi connectivity index (χ0n) is 14.9. The third kappa shape index (κ3) is 1.75. The predicted octanol–water partition coefficient (Wildman–Crippen LogP) is 5.05. The van der Waals surface area contributed by atoms with E-state index in [4.69, 9.17) is 11.1 Å². The smallest absolute Gasteiger partial charge is 0.155 e. The van der Waals surface area contributed by atoms with Crippen molar-refractivity contribution >= 4 is 34.9 Å². The summed E-state index contributed by atoms with van der Waals surface area (Å²) in [6.07, 6.45) is 3.41. The molecule has 0 spiro atoms. The number of benzene rings is 3. The van der Waals surface area contributed by atoms with Crippen molar-refractivity contribution < 1.29 is 0 Å². The molecule has 0 aromatic heterocycles. The van der Waals surface area contributed by atoms with Crippen LogP contribution in [0.15, 0.2) is 60.2 Å². The van der Waals surface area contributed by atoms with Crippen molar-refractivity contribution in [1.82, 2.24) is 0 Å². The molecule has 2 aliphatic carbocycles. The second kappa shape index (κ2) is 4.79. The number of rotatable bonds is 1. The van der Waals surface area contributed by atoms with Gasteiger partial charge in [0.1, 0.15) is 0 Å². The van der Waals surface area contributed by atoms with E-state index in [-0.39, 0.29) is 0 Å². The Morgan fingerprint density at radius 1 is 1.00 bits per heavy atom. The summed E-state index contributed by atoms with van der Waals surface area (Å²) in [5.74, 6) is 0.372. The van der Waals surface area contributed by atoms with Crippen LogP contribution >= 0.6 is 11.1 Å². The maximum Gasteiger partial charge on any atom is 0.214 e. The van der Waals surface area contributed by atoms with Crippen LogP contribution in [0.2, 0.25) is 6.55 Å². The summed E-state index contributed by atoms with van der Waals surface area (Å²) in [6, 6.07) is 20.2. The monoisotopic (exact) mass is 370 g/mol. The maximum absolute atomic E-state index is 7.07. The Morgan fingerprint density at radius 2 is 1.77 bits per heavy atom. The van der Waals surface area contributed by atoms with Crippen LogP contribution < -0.4 is 10.4 Å². The summed E-state index contributed by atoms with van der Waals surface area (Å²) >= 11 is 7.07. The van der Waals surface area contributed by atoms with E-state index in [0.29, 0.717) is 5.92 Å². The molecule has 3 aromatic carbocycles. The molecule has 0 radical (unpaired) electrons. The summed E-state index contributed by atoms with van der Waals surface area (Å²) in [6.45, 7) is 4.58. The van der Waals surface area contributed by atoms with Crippen LogP contribution in [0.25, 0.3) is 17.2 Å². The van der Waals surface area contributed by atoms with Crippen LogP contribution in [0, 0.1) is 0 Å². The van der Waals surface area contributed by atoms with Crippen molar-refractivity contribution in [3.05, 3.63) is 88.0 Å². The molecular formula is C24H19ClSi. The van der Waals surface area contributed by atoms with E-state index in [1.54, 1.807) is 0 Å². The van der Waals surface area contributed by atoms with Crippen molar-refractivity contribution in [2.75, 3.05) is 0 Å². The van der Waals surface area contributed by atoms with Crippen LogP contribution in [0.1, 0.15) is 40.7 Å². The molecule has 3 aliphatic rings. The summed E-state index contributed by atoms with van der Waals surface area (Å²) < 4.78 is 0. The molecule has 0 bridgehead atoms. The number of allylic oxidation sites excluding steroid dienone is 1. The van der Waals surface area contributed by atoms with Gasteiger partial charge in [-0.05, 0) is 69.2 Å². The first-order valence-corrected chi connectivity index (χ1v) is 12.8. The van der Waals surface area contributed by atoms with Gasteiger partial charge in [-0.15, -0.1) is 0 Å². The van der Waals surface area contributed by atoms with Crippen LogP contribution in [0.5, 0.6) is 0 Å². The van der Waals surface area contributed by atoms with Gasteiger partial charge in [0, 0.05) is 5.92 Å². The zero-order valence-corrected chi connectivity index (χ0v) is 16.7. The minimum absolute atomic E-state index is 0.372. The number of hydrogen-bond acceptors (Lipinski definition) is 0. The van der Waals surface area contributed by atoms with Crippen LogP contribution in [-0.4, -0.2) is 7.38 Å². The highest BCUT2D eigenvalue weighted by molar-refractivity contribution is 7.44. The van der Waals surface area contributed by atoms with Gasteiger partial charge in [-0.3, -0.25) is 0 Å². The molecule has 0 amide bonds. The van der Waals surface area contributed by atoms with Crippen molar-refractivity contribution in [3.63, 3.8) is 0 Å². The molecule has 1 aliphatic heterocycles. The van der Waals surface area contributed by atoms with E-state index >= 15 is 0 Å². The fourth-order valence-corrected chi connectivity index (χ4v) is 9.14. The van der Waals surface area contributed by atoms with Crippen molar-refractivity contribution in [3.8, 4) is 11.1 Å². The van der Waals surface area contributed by atoms with Crippen LogP contribution in [0.3, 0.4) is 0 Å². The van der Waals surface area contributed by atoms with Crippen molar-refractivity contribution in [2.45, 2.75) is 25.8 Å². The van der Waals surface area contributed by atoms with E-state index in [1.807, 2.05) is 0 Å². The SMILES string of the molecule is CC1=Cc2ccccc2C1c1c2c(cc3c1[Si]3(C)Cl)-c1ccccc1C2. The van der Waals surface area contributed by atoms with E-state index in [0.717, 1.165) is 6.42 Å². The lowest BCUT2D eigenvalue weighted by Gasteiger charge is -2.20. The lowest BCUT2D eigenvalue weighted by atomic mass is 9.84. The Morgan fingerprint density at radius 3 is 2.65 bits per heavy atom. The fraction of sp³-hybridized carbons (Fsp3) is 0.167. The molecule has 126 valence electrons. The molecule has 3 aromatic rings. The van der Waals surface area contributed by atoms with Gasteiger partial charge in [0.05, 0.1) is 0 Å². The molecule has 6 rings (SSSR count). The van der Waals surface area contributed by atoms with Crippen molar-refractivity contribution in [2.24, 2.45) is 0 Å². The fourth-order valence-electron chi connectivity index (χ4n) is 5.25. The van der Waals surface area contributed by atoms with Crippen LogP contribution in [-0.2, 0) is 6.42 Å². The minimum atomic E-state index is -1.88. The quantitative estimate of drug-likeness (QED) is 0.325. The Bertz CT molecular complexity index is 1150. The average Bonchev–Trinajstić information content (AvgIpc) is 2.95. The first kappa shape index (κ1) is 15.0. The largest absolute Gasteiger partial charge is 0.214 e. The highest BCUT2D eigenvalue weighted by Gasteiger charge is 2.53. The van der Waals surface area contributed by atoms with E-state index in [2.05, 4.69) is 74.1 Å². The number of halogens is 1. The third-order valence-corrected chi connectivity index (χ3v) is 10.3. The van der Waals surface area contributed by atoms with Gasteiger partial charge >= 0.3 is 0 Å². The van der Waals surface area contributed by atoms with E-state index in [9.17, 15) is 0 Å². The highest BCUT2D eigenvalue weighted by atomic mass is 35.6. The summed E-state index contributed by atoms with van der Waals surface area (Å²) in [5.41, 5.74) is 11.6. The summed E-state index contributed by atoms with van der Waals surface area (Å²) in [4.78, 5) is 0. The van der Waals surface area contributed by atoms with Crippen LogP contribution in [0.4, 0.5) is 0 Å². The minimum Gasteiger partial charge on any atom is -0.155 e. The lowest BCUT2D eigenvalue weighted by Crippen LogP contribution is -2.19. The lowest BCUT2D eigenvalue weighted by molar-refractivity contribution is 0.965. The average molecular weight is 371 g/mol. The van der Waals surface area contributed by atoms with E-state index < -0.39 is 7.38 Å². The van der Waals surface area contributed by atoms with Gasteiger partial charge in [0.2, 0.25) is 7.38 Å². The second-order valence-electron chi connectivity index (χ2n) is 8.03. The Kier molecular flexibility index (Phi) is 2.77. The molecule has 0 saturated carbocycles.